The number of rotatable bonds is 7. The average Bonchev–Trinajstić information content (AvgIpc) is 2.96. The van der Waals surface area contributed by atoms with Gasteiger partial charge >= 0.3 is 12.6 Å². The Morgan fingerprint density at radius 2 is 1.88 bits per heavy atom. The van der Waals surface area contributed by atoms with Gasteiger partial charge in [0.1, 0.15) is 16.3 Å². The molecule has 1 heterocycles. The standard InChI is InChI=1S/C16H17F2N3O4S/c1-8-12(14(19-3)26-21-8)15(23)24-9(2)13(22)20-10-4-6-11(7-5-10)25-16(17)18/h4-7,9,16,19H,1-3H3,(H,20,22). The fourth-order valence-electron chi connectivity index (χ4n) is 2.02. The zero-order valence-corrected chi connectivity index (χ0v) is 15.0. The highest BCUT2D eigenvalue weighted by Gasteiger charge is 2.24. The van der Waals surface area contributed by atoms with E-state index in [9.17, 15) is 18.4 Å². The average molecular weight is 385 g/mol. The van der Waals surface area contributed by atoms with Crippen molar-refractivity contribution in [2.75, 3.05) is 17.7 Å². The number of ether oxygens (including phenoxy) is 2. The zero-order chi connectivity index (χ0) is 19.3. The van der Waals surface area contributed by atoms with Crippen molar-refractivity contribution in [3.8, 4) is 5.75 Å². The van der Waals surface area contributed by atoms with Gasteiger partial charge in [-0.15, -0.1) is 0 Å². The topological polar surface area (TPSA) is 89.5 Å². The Hall–Kier alpha value is -2.75. The van der Waals surface area contributed by atoms with Crippen molar-refractivity contribution < 1.29 is 27.8 Å². The molecule has 10 heteroatoms. The highest BCUT2D eigenvalue weighted by atomic mass is 32.1. The summed E-state index contributed by atoms with van der Waals surface area (Å²) in [5.41, 5.74) is 1.14. The molecule has 1 unspecified atom stereocenters. The molecule has 2 aromatic rings. The molecule has 2 rings (SSSR count). The number of nitrogens with one attached hydrogen (secondary N) is 2. The van der Waals surface area contributed by atoms with Crippen molar-refractivity contribution >= 4 is 34.1 Å². The fourth-order valence-corrected chi connectivity index (χ4v) is 2.75. The molecule has 0 spiro atoms. The molecule has 0 aliphatic carbocycles. The molecule has 0 bridgehead atoms. The van der Waals surface area contributed by atoms with Crippen LogP contribution in [-0.2, 0) is 9.53 Å². The van der Waals surface area contributed by atoms with Gasteiger partial charge in [-0.05, 0) is 49.6 Å². The SMILES string of the molecule is CNc1snc(C)c1C(=O)OC(C)C(=O)Nc1ccc(OC(F)F)cc1. The second-order valence-corrected chi connectivity index (χ2v) is 5.94. The lowest BCUT2D eigenvalue weighted by Crippen LogP contribution is -2.30. The summed E-state index contributed by atoms with van der Waals surface area (Å²) < 4.78 is 37.7. The number of carbonyl (C=O) groups is 2. The third-order valence-corrected chi connectivity index (χ3v) is 4.25. The van der Waals surface area contributed by atoms with Gasteiger partial charge in [0.05, 0.1) is 5.69 Å². The number of halogens is 2. The predicted molar refractivity (Wildman–Crippen MR) is 93.0 cm³/mol. The second kappa shape index (κ2) is 8.56. The Morgan fingerprint density at radius 3 is 2.46 bits per heavy atom. The number of benzene rings is 1. The van der Waals surface area contributed by atoms with Gasteiger partial charge in [0.2, 0.25) is 0 Å². The number of aromatic nitrogens is 1. The number of nitrogens with zero attached hydrogens (tertiary/aromatic N) is 1. The second-order valence-electron chi connectivity index (χ2n) is 5.16. The lowest BCUT2D eigenvalue weighted by Gasteiger charge is -2.14. The van der Waals surface area contributed by atoms with Gasteiger partial charge in [-0.1, -0.05) is 0 Å². The lowest BCUT2D eigenvalue weighted by molar-refractivity contribution is -0.123. The maximum atomic E-state index is 12.3. The minimum Gasteiger partial charge on any atom is -0.449 e. The Balaban J connectivity index is 1.97. The van der Waals surface area contributed by atoms with E-state index >= 15 is 0 Å². The van der Waals surface area contributed by atoms with Gasteiger partial charge in [0.15, 0.2) is 6.10 Å². The van der Waals surface area contributed by atoms with E-state index in [2.05, 4.69) is 19.7 Å². The zero-order valence-electron chi connectivity index (χ0n) is 14.2. The Bertz CT molecular complexity index is 780. The van der Waals surface area contributed by atoms with Crippen molar-refractivity contribution in [3.05, 3.63) is 35.5 Å². The highest BCUT2D eigenvalue weighted by Crippen LogP contribution is 2.25. The van der Waals surface area contributed by atoms with E-state index in [-0.39, 0.29) is 11.3 Å². The van der Waals surface area contributed by atoms with Crippen LogP contribution in [0.15, 0.2) is 24.3 Å². The molecule has 0 aliphatic rings. The summed E-state index contributed by atoms with van der Waals surface area (Å²) in [6.45, 7) is 0.171. The summed E-state index contributed by atoms with van der Waals surface area (Å²) in [6, 6.07) is 5.38. The molecule has 1 atom stereocenters. The number of hydrogen-bond acceptors (Lipinski definition) is 7. The summed E-state index contributed by atoms with van der Waals surface area (Å²) in [7, 11) is 1.65. The lowest BCUT2D eigenvalue weighted by atomic mass is 10.2. The van der Waals surface area contributed by atoms with Gasteiger partial charge in [0, 0.05) is 12.7 Å². The molecule has 140 valence electrons. The van der Waals surface area contributed by atoms with Crippen LogP contribution in [0.3, 0.4) is 0 Å². The van der Waals surface area contributed by atoms with Crippen LogP contribution in [0.2, 0.25) is 0 Å². The van der Waals surface area contributed by atoms with E-state index in [1.807, 2.05) is 0 Å². The molecule has 1 amide bonds. The minimum atomic E-state index is -2.92. The normalized spacial score (nSPS) is 11.8. The third-order valence-electron chi connectivity index (χ3n) is 3.29. The number of alkyl halides is 2. The first-order chi connectivity index (χ1) is 12.3. The Labute approximate surface area is 152 Å². The molecular formula is C16H17F2N3O4S. The number of anilines is 2. The first-order valence-corrected chi connectivity index (χ1v) is 8.30. The van der Waals surface area contributed by atoms with E-state index in [4.69, 9.17) is 4.74 Å². The van der Waals surface area contributed by atoms with E-state index in [0.717, 1.165) is 11.5 Å². The van der Waals surface area contributed by atoms with E-state index < -0.39 is 24.6 Å². The first kappa shape index (κ1) is 19.6. The van der Waals surface area contributed by atoms with Gasteiger partial charge in [-0.2, -0.15) is 13.2 Å². The van der Waals surface area contributed by atoms with Crippen LogP contribution in [0.5, 0.6) is 5.75 Å². The number of carbonyl (C=O) groups excluding carboxylic acids is 2. The summed E-state index contributed by atoms with van der Waals surface area (Å²) in [5, 5.41) is 5.93. The molecule has 1 aromatic carbocycles. The van der Waals surface area contributed by atoms with Crippen molar-refractivity contribution in [1.82, 2.24) is 4.37 Å². The summed E-state index contributed by atoms with van der Waals surface area (Å²) in [4.78, 5) is 24.4. The van der Waals surface area contributed by atoms with Crippen molar-refractivity contribution in [1.29, 1.82) is 0 Å². The predicted octanol–water partition coefficient (Wildman–Crippen LogP) is 3.28. The maximum absolute atomic E-state index is 12.3. The van der Waals surface area contributed by atoms with Crippen LogP contribution in [0.1, 0.15) is 23.0 Å². The summed E-state index contributed by atoms with van der Waals surface area (Å²) in [6.07, 6.45) is -1.07. The van der Waals surface area contributed by atoms with Crippen LogP contribution < -0.4 is 15.4 Å². The van der Waals surface area contributed by atoms with Crippen molar-refractivity contribution in [2.45, 2.75) is 26.6 Å². The van der Waals surface area contributed by atoms with Gasteiger partial charge in [-0.25, -0.2) is 4.79 Å². The minimum absolute atomic E-state index is 0.0301. The van der Waals surface area contributed by atoms with Crippen LogP contribution >= 0.6 is 11.5 Å². The molecular weight excluding hydrogens is 368 g/mol. The summed E-state index contributed by atoms with van der Waals surface area (Å²) >= 11 is 1.12. The van der Waals surface area contributed by atoms with Crippen LogP contribution in [0.25, 0.3) is 0 Å². The van der Waals surface area contributed by atoms with E-state index in [1.165, 1.54) is 31.2 Å². The highest BCUT2D eigenvalue weighted by molar-refractivity contribution is 7.10. The van der Waals surface area contributed by atoms with Gasteiger partial charge < -0.3 is 20.1 Å². The number of esters is 1. The smallest absolute Gasteiger partial charge is 0.387 e. The first-order valence-electron chi connectivity index (χ1n) is 7.52. The molecule has 0 aliphatic heterocycles. The van der Waals surface area contributed by atoms with E-state index in [0.29, 0.717) is 16.4 Å². The molecule has 1 aromatic heterocycles. The molecule has 0 saturated heterocycles. The van der Waals surface area contributed by atoms with E-state index in [1.54, 1.807) is 14.0 Å². The fraction of sp³-hybridized carbons (Fsp3) is 0.312. The van der Waals surface area contributed by atoms with Crippen LogP contribution in [0.4, 0.5) is 19.5 Å². The molecule has 0 radical (unpaired) electrons. The number of hydrogen-bond donors (Lipinski definition) is 2. The van der Waals surface area contributed by atoms with Gasteiger partial charge in [-0.3, -0.25) is 4.79 Å². The summed E-state index contributed by atoms with van der Waals surface area (Å²) in [5.74, 6) is -1.26. The largest absolute Gasteiger partial charge is 0.449 e. The molecule has 0 fully saturated rings. The van der Waals surface area contributed by atoms with Crippen LogP contribution in [-0.4, -0.2) is 36.0 Å². The quantitative estimate of drug-likeness (QED) is 0.711. The van der Waals surface area contributed by atoms with Crippen LogP contribution in [0, 0.1) is 6.92 Å². The maximum Gasteiger partial charge on any atom is 0.387 e. The molecule has 0 saturated carbocycles. The molecule has 7 nitrogen and oxygen atoms in total. The van der Waals surface area contributed by atoms with Crippen molar-refractivity contribution in [3.63, 3.8) is 0 Å². The Morgan fingerprint density at radius 1 is 1.23 bits per heavy atom. The third kappa shape index (κ3) is 4.88. The van der Waals surface area contributed by atoms with Gasteiger partial charge in [0.25, 0.3) is 5.91 Å². The molecule has 26 heavy (non-hydrogen) atoms. The van der Waals surface area contributed by atoms with Crippen molar-refractivity contribution in [2.24, 2.45) is 0 Å². The molecule has 2 N–H and O–H groups in total. The Kier molecular flexibility index (Phi) is 6.45. The number of amides is 1. The number of aryl methyl sites for hydroxylation is 1. The monoisotopic (exact) mass is 385 g/mol.